The highest BCUT2D eigenvalue weighted by Crippen LogP contribution is 2.28. The molecule has 0 aromatic heterocycles. The summed E-state index contributed by atoms with van der Waals surface area (Å²) in [6.07, 6.45) is 1.13. The number of ether oxygens (including phenoxy) is 1. The van der Waals surface area contributed by atoms with E-state index in [4.69, 9.17) is 4.74 Å². The van der Waals surface area contributed by atoms with Crippen molar-refractivity contribution in [3.8, 4) is 5.75 Å². The molecule has 2 rings (SSSR count). The maximum Gasteiger partial charge on any atom is 0.119 e. The Morgan fingerprint density at radius 2 is 1.70 bits per heavy atom. The summed E-state index contributed by atoms with van der Waals surface area (Å²) in [6, 6.07) is 15.0. The van der Waals surface area contributed by atoms with Gasteiger partial charge in [-0.05, 0) is 55.0 Å². The molecule has 0 radical (unpaired) electrons. The molecule has 0 saturated carbocycles. The van der Waals surface area contributed by atoms with Crippen molar-refractivity contribution in [3.05, 3.63) is 59.2 Å². The Bertz CT molecular complexity index is 629. The molecule has 124 valence electrons. The van der Waals surface area contributed by atoms with E-state index in [1.807, 2.05) is 0 Å². The lowest BCUT2D eigenvalue weighted by atomic mass is 9.82. The van der Waals surface area contributed by atoms with E-state index in [2.05, 4.69) is 82.4 Å². The van der Waals surface area contributed by atoms with Crippen LogP contribution in [-0.4, -0.2) is 13.2 Å². The quantitative estimate of drug-likeness (QED) is 0.683. The zero-order chi connectivity index (χ0) is 16.9. The summed E-state index contributed by atoms with van der Waals surface area (Å²) in [6.45, 7) is 12.5. The van der Waals surface area contributed by atoms with Crippen LogP contribution in [0, 0.1) is 13.8 Å². The summed E-state index contributed by atoms with van der Waals surface area (Å²) >= 11 is 0. The van der Waals surface area contributed by atoms with Gasteiger partial charge in [-0.1, -0.05) is 50.6 Å². The minimum atomic E-state index is 0.225. The Labute approximate surface area is 140 Å². The molecule has 2 aromatic carbocycles. The number of rotatable bonds is 7. The number of nitrogens with one attached hydrogen (secondary N) is 1. The van der Waals surface area contributed by atoms with Gasteiger partial charge in [0.1, 0.15) is 12.4 Å². The molecule has 0 aliphatic rings. The first kappa shape index (κ1) is 17.4. The summed E-state index contributed by atoms with van der Waals surface area (Å²) in [5.74, 6) is 0.933. The summed E-state index contributed by atoms with van der Waals surface area (Å²) in [4.78, 5) is 0. The van der Waals surface area contributed by atoms with E-state index in [0.29, 0.717) is 6.61 Å². The normalized spacial score (nSPS) is 11.3. The third kappa shape index (κ3) is 4.75. The molecule has 2 heteroatoms. The number of benzene rings is 2. The summed E-state index contributed by atoms with van der Waals surface area (Å²) in [7, 11) is 0. The Balaban J connectivity index is 1.82. The molecule has 23 heavy (non-hydrogen) atoms. The van der Waals surface area contributed by atoms with Crippen molar-refractivity contribution in [1.29, 1.82) is 0 Å². The smallest absolute Gasteiger partial charge is 0.119 e. The van der Waals surface area contributed by atoms with Crippen molar-refractivity contribution in [3.63, 3.8) is 0 Å². The van der Waals surface area contributed by atoms with Crippen LogP contribution >= 0.6 is 0 Å². The van der Waals surface area contributed by atoms with Crippen LogP contribution in [0.2, 0.25) is 0 Å². The van der Waals surface area contributed by atoms with Crippen LogP contribution < -0.4 is 10.1 Å². The molecule has 0 atom stereocenters. The van der Waals surface area contributed by atoms with Crippen LogP contribution in [0.4, 0.5) is 5.69 Å². The minimum absolute atomic E-state index is 0.225. The van der Waals surface area contributed by atoms with Crippen molar-refractivity contribution in [2.24, 2.45) is 0 Å². The number of aryl methyl sites for hydroxylation is 2. The Hall–Kier alpha value is -1.96. The van der Waals surface area contributed by atoms with E-state index in [1.165, 1.54) is 22.4 Å². The molecular formula is C21H29NO. The van der Waals surface area contributed by atoms with Crippen molar-refractivity contribution in [2.75, 3.05) is 18.5 Å². The molecule has 0 unspecified atom stereocenters. The van der Waals surface area contributed by atoms with Gasteiger partial charge in [0.2, 0.25) is 0 Å². The van der Waals surface area contributed by atoms with Gasteiger partial charge in [-0.3, -0.25) is 0 Å². The fraction of sp³-hybridized carbons (Fsp3) is 0.429. The van der Waals surface area contributed by atoms with E-state index in [1.54, 1.807) is 0 Å². The Kier molecular flexibility index (Phi) is 5.70. The first-order chi connectivity index (χ1) is 10.9. The van der Waals surface area contributed by atoms with Crippen LogP contribution in [0.1, 0.15) is 43.9 Å². The number of hydrogen-bond donors (Lipinski definition) is 1. The third-order valence-corrected chi connectivity index (χ3v) is 4.59. The standard InChI is InChI=1S/C21H29NO/c1-6-21(4,5)18-8-10-19(11-9-18)23-14-13-22-20-12-7-16(2)15-17(20)3/h7-12,15,22H,6,13-14H2,1-5H3. The molecule has 0 aliphatic heterocycles. The molecule has 0 spiro atoms. The van der Waals surface area contributed by atoms with Crippen molar-refractivity contribution in [2.45, 2.75) is 46.5 Å². The summed E-state index contributed by atoms with van der Waals surface area (Å²) in [5.41, 5.74) is 5.33. The molecule has 0 fully saturated rings. The minimum Gasteiger partial charge on any atom is -0.492 e. The van der Waals surface area contributed by atoms with E-state index in [-0.39, 0.29) is 5.41 Å². The van der Waals surface area contributed by atoms with Gasteiger partial charge in [-0.15, -0.1) is 0 Å². The lowest BCUT2D eigenvalue weighted by molar-refractivity contribution is 0.332. The maximum absolute atomic E-state index is 5.83. The van der Waals surface area contributed by atoms with E-state index < -0.39 is 0 Å². The van der Waals surface area contributed by atoms with Gasteiger partial charge in [0, 0.05) is 12.2 Å². The van der Waals surface area contributed by atoms with Crippen LogP contribution in [-0.2, 0) is 5.41 Å². The number of anilines is 1. The average molecular weight is 311 g/mol. The van der Waals surface area contributed by atoms with Crippen LogP contribution in [0.3, 0.4) is 0 Å². The summed E-state index contributed by atoms with van der Waals surface area (Å²) in [5, 5.41) is 3.43. The highest BCUT2D eigenvalue weighted by Gasteiger charge is 2.17. The van der Waals surface area contributed by atoms with Gasteiger partial charge in [-0.25, -0.2) is 0 Å². The van der Waals surface area contributed by atoms with E-state index in [0.717, 1.165) is 18.7 Å². The largest absolute Gasteiger partial charge is 0.492 e. The predicted molar refractivity (Wildman–Crippen MR) is 99.7 cm³/mol. The molecule has 0 saturated heterocycles. The van der Waals surface area contributed by atoms with Gasteiger partial charge in [-0.2, -0.15) is 0 Å². The molecule has 0 bridgehead atoms. The van der Waals surface area contributed by atoms with Crippen molar-refractivity contribution in [1.82, 2.24) is 0 Å². The molecule has 2 aromatic rings. The van der Waals surface area contributed by atoms with E-state index in [9.17, 15) is 0 Å². The molecular weight excluding hydrogens is 282 g/mol. The van der Waals surface area contributed by atoms with Crippen LogP contribution in [0.15, 0.2) is 42.5 Å². The third-order valence-electron chi connectivity index (χ3n) is 4.59. The van der Waals surface area contributed by atoms with Gasteiger partial charge in [0.25, 0.3) is 0 Å². The second kappa shape index (κ2) is 7.54. The molecule has 1 N–H and O–H groups in total. The van der Waals surface area contributed by atoms with Crippen LogP contribution in [0.5, 0.6) is 5.75 Å². The fourth-order valence-corrected chi connectivity index (χ4v) is 2.57. The monoisotopic (exact) mass is 311 g/mol. The van der Waals surface area contributed by atoms with Crippen LogP contribution in [0.25, 0.3) is 0 Å². The first-order valence-corrected chi connectivity index (χ1v) is 8.47. The zero-order valence-corrected chi connectivity index (χ0v) is 15.1. The summed E-state index contributed by atoms with van der Waals surface area (Å²) < 4.78 is 5.83. The average Bonchev–Trinajstić information content (AvgIpc) is 2.53. The Morgan fingerprint density at radius 3 is 2.30 bits per heavy atom. The zero-order valence-electron chi connectivity index (χ0n) is 15.1. The van der Waals surface area contributed by atoms with Gasteiger partial charge < -0.3 is 10.1 Å². The molecule has 0 heterocycles. The second-order valence-corrected chi connectivity index (χ2v) is 6.86. The Morgan fingerprint density at radius 1 is 1.00 bits per heavy atom. The van der Waals surface area contributed by atoms with Gasteiger partial charge in [0.15, 0.2) is 0 Å². The highest BCUT2D eigenvalue weighted by molar-refractivity contribution is 5.51. The molecule has 2 nitrogen and oxygen atoms in total. The molecule has 0 amide bonds. The first-order valence-electron chi connectivity index (χ1n) is 8.47. The second-order valence-electron chi connectivity index (χ2n) is 6.86. The van der Waals surface area contributed by atoms with Gasteiger partial charge in [0.05, 0.1) is 0 Å². The van der Waals surface area contributed by atoms with E-state index >= 15 is 0 Å². The van der Waals surface area contributed by atoms with Crippen molar-refractivity contribution < 1.29 is 4.74 Å². The SMILES string of the molecule is CCC(C)(C)c1ccc(OCCNc2ccc(C)cc2C)cc1. The van der Waals surface area contributed by atoms with Crippen molar-refractivity contribution >= 4 is 5.69 Å². The fourth-order valence-electron chi connectivity index (χ4n) is 2.57. The molecule has 0 aliphatic carbocycles. The lowest BCUT2D eigenvalue weighted by Gasteiger charge is -2.23. The predicted octanol–water partition coefficient (Wildman–Crippen LogP) is 5.48. The lowest BCUT2D eigenvalue weighted by Crippen LogP contribution is -2.15. The number of hydrogen-bond acceptors (Lipinski definition) is 2. The topological polar surface area (TPSA) is 21.3 Å². The maximum atomic E-state index is 5.83. The van der Waals surface area contributed by atoms with Gasteiger partial charge >= 0.3 is 0 Å². The highest BCUT2D eigenvalue weighted by atomic mass is 16.5.